The first-order valence-corrected chi connectivity index (χ1v) is 11.7. The maximum absolute atomic E-state index is 12.7. The van der Waals surface area contributed by atoms with E-state index in [1.54, 1.807) is 24.3 Å². The number of nitrogens with zero attached hydrogens (tertiary/aromatic N) is 2. The molecule has 1 saturated heterocycles. The van der Waals surface area contributed by atoms with Crippen molar-refractivity contribution in [2.75, 3.05) is 38.1 Å². The fourth-order valence-electron chi connectivity index (χ4n) is 4.26. The summed E-state index contributed by atoms with van der Waals surface area (Å²) in [7, 11) is 0. The highest BCUT2D eigenvalue weighted by Crippen LogP contribution is 2.20. The lowest BCUT2D eigenvalue weighted by Gasteiger charge is -2.39. The number of hydrogen-bond donors (Lipinski definition) is 2. The van der Waals surface area contributed by atoms with E-state index in [-0.39, 0.29) is 18.4 Å². The van der Waals surface area contributed by atoms with Crippen molar-refractivity contribution in [2.45, 2.75) is 45.3 Å². The summed E-state index contributed by atoms with van der Waals surface area (Å²) in [5, 5.41) is 13.3. The molecule has 0 spiro atoms. The lowest BCUT2D eigenvalue weighted by Crippen LogP contribution is -2.49. The van der Waals surface area contributed by atoms with Crippen molar-refractivity contribution in [2.24, 2.45) is 0 Å². The normalized spacial score (nSPS) is 15.3. The van der Waals surface area contributed by atoms with Gasteiger partial charge in [-0.3, -0.25) is 14.5 Å². The van der Waals surface area contributed by atoms with Gasteiger partial charge in [-0.25, -0.2) is 0 Å². The largest absolute Gasteiger partial charge is 0.491 e. The number of aliphatic hydroxyl groups is 1. The molecular weight excluding hydrogens is 418 g/mol. The number of carbonyl (C=O) groups is 2. The van der Waals surface area contributed by atoms with Crippen LogP contribution in [0.15, 0.2) is 54.6 Å². The lowest BCUT2D eigenvalue weighted by molar-refractivity contribution is -0.114. The van der Waals surface area contributed by atoms with Gasteiger partial charge in [0, 0.05) is 43.9 Å². The van der Waals surface area contributed by atoms with Crippen LogP contribution in [-0.4, -0.2) is 71.7 Å². The highest BCUT2D eigenvalue weighted by molar-refractivity contribution is 5.94. The summed E-state index contributed by atoms with van der Waals surface area (Å²) in [6.07, 6.45) is 2.19. The zero-order valence-electron chi connectivity index (χ0n) is 19.6. The topological polar surface area (TPSA) is 82.1 Å². The molecule has 0 aliphatic carbocycles. The van der Waals surface area contributed by atoms with Crippen molar-refractivity contribution < 1.29 is 19.4 Å². The van der Waals surface area contributed by atoms with Crippen LogP contribution in [-0.2, 0) is 4.79 Å². The van der Waals surface area contributed by atoms with E-state index in [9.17, 15) is 14.7 Å². The van der Waals surface area contributed by atoms with Gasteiger partial charge in [0.1, 0.15) is 18.5 Å². The molecule has 1 atom stereocenters. The molecule has 0 aromatic heterocycles. The number of nitrogens with one attached hydrogen (secondary N) is 1. The molecule has 2 aromatic rings. The van der Waals surface area contributed by atoms with Gasteiger partial charge in [0.25, 0.3) is 5.91 Å². The highest BCUT2D eigenvalue weighted by atomic mass is 16.5. The monoisotopic (exact) mass is 453 g/mol. The molecule has 0 bridgehead atoms. The van der Waals surface area contributed by atoms with Crippen LogP contribution in [0.25, 0.3) is 0 Å². The first kappa shape index (κ1) is 24.7. The van der Waals surface area contributed by atoms with E-state index >= 15 is 0 Å². The van der Waals surface area contributed by atoms with Crippen LogP contribution < -0.4 is 10.1 Å². The van der Waals surface area contributed by atoms with Crippen LogP contribution in [0.4, 0.5) is 5.69 Å². The van der Waals surface area contributed by atoms with Gasteiger partial charge in [-0.15, -0.1) is 0 Å². The van der Waals surface area contributed by atoms with Gasteiger partial charge in [-0.2, -0.15) is 0 Å². The number of hydrogen-bond acceptors (Lipinski definition) is 5. The molecular formula is C26H35N3O4. The van der Waals surface area contributed by atoms with Crippen molar-refractivity contribution >= 4 is 17.5 Å². The Bertz CT molecular complexity index is 880. The van der Waals surface area contributed by atoms with Gasteiger partial charge in [0.05, 0.1) is 0 Å². The number of rotatable bonds is 10. The van der Waals surface area contributed by atoms with E-state index in [4.69, 9.17) is 4.74 Å². The fraction of sp³-hybridized carbons (Fsp3) is 0.462. The fourth-order valence-corrected chi connectivity index (χ4v) is 4.26. The highest BCUT2D eigenvalue weighted by Gasteiger charge is 2.28. The Kier molecular flexibility index (Phi) is 9.27. The zero-order valence-corrected chi connectivity index (χ0v) is 19.6. The van der Waals surface area contributed by atoms with Gasteiger partial charge in [-0.05, 0) is 62.2 Å². The van der Waals surface area contributed by atoms with Crippen LogP contribution >= 0.6 is 0 Å². The predicted octanol–water partition coefficient (Wildman–Crippen LogP) is 3.40. The van der Waals surface area contributed by atoms with Crippen molar-refractivity contribution in [3.8, 4) is 5.75 Å². The molecule has 1 aliphatic rings. The van der Waals surface area contributed by atoms with Gasteiger partial charge < -0.3 is 20.1 Å². The van der Waals surface area contributed by atoms with Crippen LogP contribution in [0.5, 0.6) is 5.75 Å². The number of anilines is 1. The van der Waals surface area contributed by atoms with E-state index < -0.39 is 6.10 Å². The van der Waals surface area contributed by atoms with Crippen molar-refractivity contribution in [1.29, 1.82) is 0 Å². The van der Waals surface area contributed by atoms with Crippen LogP contribution in [0, 0.1) is 0 Å². The molecule has 3 rings (SSSR count). The summed E-state index contributed by atoms with van der Waals surface area (Å²) in [6, 6.07) is 16.9. The molecule has 7 nitrogen and oxygen atoms in total. The number of benzene rings is 2. The first-order valence-electron chi connectivity index (χ1n) is 11.7. The number of piperidine rings is 1. The SMILES string of the molecule is CCCN(CC(O)COc1ccc(NC(C)=O)cc1)C1CCN(C(=O)c2ccccc2)CC1. The van der Waals surface area contributed by atoms with Crippen molar-refractivity contribution in [3.05, 3.63) is 60.2 Å². The molecule has 1 heterocycles. The van der Waals surface area contributed by atoms with Gasteiger partial charge >= 0.3 is 0 Å². The van der Waals surface area contributed by atoms with Gasteiger partial charge in [0.2, 0.25) is 5.91 Å². The van der Waals surface area contributed by atoms with E-state index in [0.29, 0.717) is 24.0 Å². The number of ether oxygens (including phenoxy) is 1. The number of aliphatic hydroxyl groups excluding tert-OH is 1. The molecule has 33 heavy (non-hydrogen) atoms. The third-order valence-electron chi connectivity index (χ3n) is 5.86. The Labute approximate surface area is 196 Å². The number of likely N-dealkylation sites (tertiary alicyclic amines) is 1. The predicted molar refractivity (Wildman–Crippen MR) is 129 cm³/mol. The molecule has 2 aromatic carbocycles. The van der Waals surface area contributed by atoms with Crippen LogP contribution in [0.1, 0.15) is 43.5 Å². The van der Waals surface area contributed by atoms with Gasteiger partial charge in [-0.1, -0.05) is 25.1 Å². The summed E-state index contributed by atoms with van der Waals surface area (Å²) in [6.45, 7) is 6.70. The molecule has 178 valence electrons. The Morgan fingerprint density at radius 3 is 2.39 bits per heavy atom. The Morgan fingerprint density at radius 2 is 1.79 bits per heavy atom. The molecule has 0 radical (unpaired) electrons. The Morgan fingerprint density at radius 1 is 1.12 bits per heavy atom. The minimum absolute atomic E-state index is 0.0917. The van der Waals surface area contributed by atoms with Crippen LogP contribution in [0.2, 0.25) is 0 Å². The summed E-state index contributed by atoms with van der Waals surface area (Å²) in [5.74, 6) is 0.623. The molecule has 1 unspecified atom stereocenters. The van der Waals surface area contributed by atoms with E-state index in [0.717, 1.165) is 44.5 Å². The molecule has 1 aliphatic heterocycles. The summed E-state index contributed by atoms with van der Waals surface area (Å²) < 4.78 is 5.75. The van der Waals surface area contributed by atoms with E-state index in [2.05, 4.69) is 17.1 Å². The second-order valence-electron chi connectivity index (χ2n) is 8.55. The average molecular weight is 454 g/mol. The molecule has 1 fully saturated rings. The second-order valence-corrected chi connectivity index (χ2v) is 8.55. The Balaban J connectivity index is 1.47. The minimum Gasteiger partial charge on any atom is -0.491 e. The molecule has 2 N–H and O–H groups in total. The second kappa shape index (κ2) is 12.4. The third kappa shape index (κ3) is 7.58. The van der Waals surface area contributed by atoms with Gasteiger partial charge in [0.15, 0.2) is 0 Å². The van der Waals surface area contributed by atoms with E-state index in [1.807, 2.05) is 35.2 Å². The number of carbonyl (C=O) groups excluding carboxylic acids is 2. The Hall–Kier alpha value is -2.90. The first-order chi connectivity index (χ1) is 16.0. The summed E-state index contributed by atoms with van der Waals surface area (Å²) in [5.41, 5.74) is 1.45. The zero-order chi connectivity index (χ0) is 23.6. The lowest BCUT2D eigenvalue weighted by atomic mass is 10.0. The van der Waals surface area contributed by atoms with Crippen molar-refractivity contribution in [3.63, 3.8) is 0 Å². The molecule has 7 heteroatoms. The third-order valence-corrected chi connectivity index (χ3v) is 5.86. The van der Waals surface area contributed by atoms with E-state index in [1.165, 1.54) is 6.92 Å². The summed E-state index contributed by atoms with van der Waals surface area (Å²) >= 11 is 0. The quantitative estimate of drug-likeness (QED) is 0.576. The smallest absolute Gasteiger partial charge is 0.253 e. The van der Waals surface area contributed by atoms with Crippen LogP contribution in [0.3, 0.4) is 0 Å². The average Bonchev–Trinajstić information content (AvgIpc) is 2.83. The molecule has 2 amide bonds. The van der Waals surface area contributed by atoms with Crippen molar-refractivity contribution in [1.82, 2.24) is 9.80 Å². The maximum atomic E-state index is 12.7. The molecule has 0 saturated carbocycles. The maximum Gasteiger partial charge on any atom is 0.253 e. The number of amides is 2. The minimum atomic E-state index is -0.615. The standard InChI is InChI=1S/C26H35N3O4/c1-3-15-29(18-24(31)19-33-25-11-9-22(10-12-25)27-20(2)30)23-13-16-28(17-14-23)26(32)21-7-5-4-6-8-21/h4-12,23-24,31H,3,13-19H2,1-2H3,(H,27,30). The summed E-state index contributed by atoms with van der Waals surface area (Å²) in [4.78, 5) is 28.1.